The molecule has 10 aromatic carbocycles. The second-order valence-electron chi connectivity index (χ2n) is 30.0. The van der Waals surface area contributed by atoms with Crippen molar-refractivity contribution >= 4 is 71.6 Å². The summed E-state index contributed by atoms with van der Waals surface area (Å²) in [6.07, 6.45) is -10.5. The second-order valence-corrected chi connectivity index (χ2v) is 30.0. The van der Waals surface area contributed by atoms with Gasteiger partial charge in [0.2, 0.25) is 17.5 Å². The number of carbonyl (C=O) groups is 12. The third-order valence-electron chi connectivity index (χ3n) is 20.6. The van der Waals surface area contributed by atoms with E-state index in [1.165, 1.54) is 57.9 Å². The molecule has 31 heteroatoms. The van der Waals surface area contributed by atoms with Gasteiger partial charge in [-0.3, -0.25) is 0 Å². The van der Waals surface area contributed by atoms with Crippen LogP contribution in [0.25, 0.3) is 0 Å². The highest BCUT2D eigenvalue weighted by Crippen LogP contribution is 2.41. The molecule has 10 aromatic rings. The maximum absolute atomic E-state index is 13.3. The first kappa shape index (κ1) is 95.2. The molecule has 15 rings (SSSR count). The molecule has 4 N–H and O–H groups in total. The highest BCUT2D eigenvalue weighted by Gasteiger charge is 2.64. The number of aliphatic hydroxyl groups excluding tert-OH is 3. The van der Waals surface area contributed by atoms with Crippen LogP contribution in [0.1, 0.15) is 144 Å². The lowest BCUT2D eigenvalue weighted by molar-refractivity contribution is -0.175. The van der Waals surface area contributed by atoms with E-state index in [0.717, 1.165) is 20.1 Å². The van der Waals surface area contributed by atoms with E-state index in [0.29, 0.717) is 16.7 Å². The summed E-state index contributed by atoms with van der Waals surface area (Å²) < 4.78 is 82.6. The van der Waals surface area contributed by atoms with E-state index in [9.17, 15) is 67.7 Å². The van der Waals surface area contributed by atoms with Gasteiger partial charge in [0.25, 0.3) is 0 Å². The van der Waals surface area contributed by atoms with Crippen LogP contribution in [0.3, 0.4) is 0 Å². The van der Waals surface area contributed by atoms with Gasteiger partial charge in [-0.05, 0) is 162 Å². The molecular formula is C98H92O31. The molecule has 670 valence electrons. The lowest BCUT2D eigenvalue weighted by atomic mass is 9.96. The molecule has 31 nitrogen and oxygen atoms in total. The molecule has 0 aliphatic carbocycles. The number of carbonyl (C=O) groups excluding carboxylic acids is 12. The molecule has 5 fully saturated rings. The maximum atomic E-state index is 13.3. The average Bonchev–Trinajstić information content (AvgIpc) is 1.62. The van der Waals surface area contributed by atoms with E-state index in [1.807, 2.05) is 0 Å². The number of rotatable bonds is 24. The van der Waals surface area contributed by atoms with Gasteiger partial charge in [-0.25, -0.2) is 57.5 Å². The van der Waals surface area contributed by atoms with Crippen molar-refractivity contribution in [3.05, 3.63) is 359 Å². The minimum atomic E-state index is -1.97. The zero-order chi connectivity index (χ0) is 92.1. The van der Waals surface area contributed by atoms with Crippen molar-refractivity contribution in [2.75, 3.05) is 39.6 Å². The third-order valence-corrected chi connectivity index (χ3v) is 20.6. The first-order valence-corrected chi connectivity index (χ1v) is 40.7. The normalized spacial score (nSPS) is 23.7. The van der Waals surface area contributed by atoms with E-state index in [-0.39, 0.29) is 45.6 Å². The van der Waals surface area contributed by atoms with Crippen molar-refractivity contribution in [3.63, 3.8) is 0 Å². The Morgan fingerprint density at radius 3 is 0.876 bits per heavy atom. The Balaban J connectivity index is 0.000000172. The average molecular weight is 1770 g/mol. The molecule has 0 bridgehead atoms. The Hall–Kier alpha value is -14.4. The van der Waals surface area contributed by atoms with E-state index < -0.39 is 175 Å². The summed E-state index contributed by atoms with van der Waals surface area (Å²) >= 11 is 0. The van der Waals surface area contributed by atoms with E-state index in [1.54, 1.807) is 279 Å². The van der Waals surface area contributed by atoms with Crippen LogP contribution in [0.4, 0.5) is 0 Å². The topological polar surface area (TPSA) is 424 Å². The zero-order valence-electron chi connectivity index (χ0n) is 70.1. The lowest BCUT2D eigenvalue weighted by Gasteiger charge is -2.33. The van der Waals surface area contributed by atoms with Gasteiger partial charge in [-0.1, -0.05) is 182 Å². The summed E-state index contributed by atoms with van der Waals surface area (Å²) in [4.78, 5) is 152. The van der Waals surface area contributed by atoms with Crippen molar-refractivity contribution in [1.29, 1.82) is 0 Å². The Morgan fingerprint density at radius 2 is 0.581 bits per heavy atom. The molecule has 0 aromatic heterocycles. The Kier molecular flexibility index (Phi) is 33.3. The van der Waals surface area contributed by atoms with Crippen LogP contribution in [0.2, 0.25) is 0 Å². The summed E-state index contributed by atoms with van der Waals surface area (Å²) in [6.45, 7) is 5.65. The number of hydrogen-bond donors (Lipinski definition) is 4. The Labute approximate surface area is 740 Å². The number of ether oxygens (including phenoxy) is 15. The largest absolute Gasteiger partial charge is 0.459 e. The number of esters is 12. The van der Waals surface area contributed by atoms with Gasteiger partial charge < -0.3 is 91.5 Å². The Bertz CT molecular complexity index is 5400. The van der Waals surface area contributed by atoms with Gasteiger partial charge in [0.15, 0.2) is 48.0 Å². The van der Waals surface area contributed by atoms with Gasteiger partial charge in [0.1, 0.15) is 38.1 Å². The first-order valence-electron chi connectivity index (χ1n) is 40.7. The number of benzene rings is 10. The van der Waals surface area contributed by atoms with Crippen LogP contribution in [0.15, 0.2) is 303 Å². The molecule has 0 saturated carbocycles. The fourth-order valence-electron chi connectivity index (χ4n) is 13.3. The zero-order valence-corrected chi connectivity index (χ0v) is 70.1. The molecular weight excluding hydrogens is 1670 g/mol. The van der Waals surface area contributed by atoms with Crippen LogP contribution in [-0.2, 0) is 80.6 Å². The van der Waals surface area contributed by atoms with Crippen molar-refractivity contribution in [2.45, 2.75) is 124 Å². The Morgan fingerprint density at radius 1 is 0.318 bits per heavy atom. The fraction of sp³-hybridized carbons (Fsp3) is 0.265. The van der Waals surface area contributed by atoms with Crippen LogP contribution >= 0.6 is 0 Å². The van der Waals surface area contributed by atoms with Crippen LogP contribution in [0, 0.1) is 0 Å². The van der Waals surface area contributed by atoms with Gasteiger partial charge in [-0.2, -0.15) is 0 Å². The van der Waals surface area contributed by atoms with Crippen molar-refractivity contribution in [3.8, 4) is 0 Å². The molecule has 0 radical (unpaired) electrons. The molecule has 5 aliphatic rings. The molecule has 0 spiro atoms. The molecule has 0 amide bonds. The van der Waals surface area contributed by atoms with Crippen LogP contribution in [0.5, 0.6) is 0 Å². The monoisotopic (exact) mass is 1760 g/mol. The van der Waals surface area contributed by atoms with Crippen molar-refractivity contribution in [1.82, 2.24) is 0 Å². The van der Waals surface area contributed by atoms with E-state index >= 15 is 0 Å². The van der Waals surface area contributed by atoms with Gasteiger partial charge in [0, 0.05) is 13.2 Å². The minimum absolute atomic E-state index is 0.202. The van der Waals surface area contributed by atoms with Crippen molar-refractivity contribution in [2.24, 2.45) is 0 Å². The van der Waals surface area contributed by atoms with E-state index in [2.05, 4.69) is 4.74 Å². The van der Waals surface area contributed by atoms with Crippen molar-refractivity contribution < 1.29 is 149 Å². The SMILES string of the molecule is C1CCOC1.C[C@@]1(O)C(=O)O[C@H](CO)[C@H]1O.C[C@@]1(OC(=O)c2ccccc2)C(=O)O[C@H](COC(=O)c2ccccc2)[C@H]1OC(=O)c1ccccc1.C[C@@]1(OC(=O)c2ccccc2)C(O)O[C@H](COC(=O)c2ccccc2)[C@H]1OC(=O)c1ccccc1.C[C@@]1(OC(=O)c2ccccc2)C(OC(=O)c2ccccc2)O[C@H](COC(=O)c2ccccc2)[C@H]1OC(=O)c1ccccc1. The van der Waals surface area contributed by atoms with Gasteiger partial charge in [-0.15, -0.1) is 0 Å². The minimum Gasteiger partial charge on any atom is -0.459 e. The number of hydrogen-bond acceptors (Lipinski definition) is 31. The summed E-state index contributed by atoms with van der Waals surface area (Å²) in [5, 5.41) is 37.6. The molecule has 5 saturated heterocycles. The predicted molar refractivity (Wildman–Crippen MR) is 453 cm³/mol. The van der Waals surface area contributed by atoms with Crippen LogP contribution in [-0.4, -0.2) is 216 Å². The van der Waals surface area contributed by atoms with E-state index in [4.69, 9.17) is 76.5 Å². The summed E-state index contributed by atoms with van der Waals surface area (Å²) in [7, 11) is 0. The first-order chi connectivity index (χ1) is 62.1. The smallest absolute Gasteiger partial charge is 0.355 e. The maximum Gasteiger partial charge on any atom is 0.355 e. The van der Waals surface area contributed by atoms with Crippen LogP contribution < -0.4 is 0 Å². The second kappa shape index (κ2) is 45.1. The molecule has 14 atom stereocenters. The molecule has 5 aliphatic heterocycles. The number of cyclic esters (lactones) is 2. The molecule has 2 unspecified atom stereocenters. The number of aliphatic hydroxyl groups is 4. The van der Waals surface area contributed by atoms with Gasteiger partial charge >= 0.3 is 71.6 Å². The lowest BCUT2D eigenvalue weighted by Crippen LogP contribution is -2.53. The molecule has 5 heterocycles. The summed E-state index contributed by atoms with van der Waals surface area (Å²) in [5.74, 6) is -9.02. The van der Waals surface area contributed by atoms with Gasteiger partial charge in [0.05, 0.1) is 62.2 Å². The summed E-state index contributed by atoms with van der Waals surface area (Å²) in [5.41, 5.74) is -4.98. The highest BCUT2D eigenvalue weighted by atomic mass is 16.8. The highest BCUT2D eigenvalue weighted by molar-refractivity contribution is 5.97. The molecule has 129 heavy (non-hydrogen) atoms. The predicted octanol–water partition coefficient (Wildman–Crippen LogP) is 11.1. The fourth-order valence-corrected chi connectivity index (χ4v) is 13.3. The third kappa shape index (κ3) is 24.8. The quantitative estimate of drug-likeness (QED) is 0.0322. The summed E-state index contributed by atoms with van der Waals surface area (Å²) in [6, 6.07) is 82.0. The standard InChI is InChI=1S/C34H28O9.C27H24O8.C27H22O8.C6H10O5.C4H8O/c1-34(43-32(38)26-20-12-5-13-21-26)28(41-30(36)24-16-8-3-9-17-24)27(22-39-29(35)23-14-6-2-7-15-23)40-33(34)42-31(37)25-18-10-4-11-19-25;2*1-27(35-25(30)20-15-9-4-10-16-20)22(34-24(29)19-13-7-3-8-14-19)21(33-26(27)31)17-32-23(28)18-11-5-2-6-12-18;1-6(10)4(8)3(2-7)11-5(6)9;1-2-4-5-3-1/h2-21,27-28,33H,22H2,1H3;2-16,21-22,26,31H,17H2,1H3;2-16,21-22H,17H2,1H3;3-4,7-8,10H,2H2,1H3;1-4H2/t27-,28-,33?,34+;21-,22-,26?,27+;21-,22-,27+;3-,4-,6+;/m1111./s1.